The SMILES string of the molecule is C=CN(/C=C/CC)C(=O)N(C)C. The van der Waals surface area contributed by atoms with Gasteiger partial charge in [0.2, 0.25) is 0 Å². The predicted octanol–water partition coefficient (Wildman–Crippen LogP) is 2.04. The molecule has 0 atom stereocenters. The molecule has 0 bridgehead atoms. The molecule has 0 rings (SSSR count). The van der Waals surface area contributed by atoms with E-state index in [-0.39, 0.29) is 6.03 Å². The smallest absolute Gasteiger partial charge is 0.327 e. The molecule has 3 heteroatoms. The lowest BCUT2D eigenvalue weighted by Gasteiger charge is -2.18. The topological polar surface area (TPSA) is 23.6 Å². The van der Waals surface area contributed by atoms with Crippen LogP contribution in [0.3, 0.4) is 0 Å². The number of nitrogens with zero attached hydrogens (tertiary/aromatic N) is 2. The molecule has 0 N–H and O–H groups in total. The van der Waals surface area contributed by atoms with Gasteiger partial charge in [0.1, 0.15) is 0 Å². The summed E-state index contributed by atoms with van der Waals surface area (Å²) in [5.41, 5.74) is 0. The Kier molecular flexibility index (Phi) is 4.84. The number of allylic oxidation sites excluding steroid dienone is 1. The van der Waals surface area contributed by atoms with Gasteiger partial charge < -0.3 is 4.90 Å². The molecule has 0 fully saturated rings. The molecule has 0 aliphatic heterocycles. The summed E-state index contributed by atoms with van der Waals surface area (Å²) in [6.45, 7) is 5.56. The molecule has 0 unspecified atom stereocenters. The predicted molar refractivity (Wildman–Crippen MR) is 50.6 cm³/mol. The first-order valence-corrected chi connectivity index (χ1v) is 3.92. The Labute approximate surface area is 74.0 Å². The van der Waals surface area contributed by atoms with Crippen molar-refractivity contribution in [3.8, 4) is 0 Å². The van der Waals surface area contributed by atoms with Crippen molar-refractivity contribution < 1.29 is 4.79 Å². The molecular formula is C9H16N2O. The van der Waals surface area contributed by atoms with Crippen molar-refractivity contribution in [2.24, 2.45) is 0 Å². The zero-order valence-electron chi connectivity index (χ0n) is 7.95. The molecule has 0 aliphatic carbocycles. The molecule has 0 saturated heterocycles. The van der Waals surface area contributed by atoms with Gasteiger partial charge in [0.25, 0.3) is 0 Å². The van der Waals surface area contributed by atoms with E-state index in [1.54, 1.807) is 20.3 Å². The summed E-state index contributed by atoms with van der Waals surface area (Å²) >= 11 is 0. The number of amides is 2. The Balaban J connectivity index is 4.24. The van der Waals surface area contributed by atoms with E-state index in [4.69, 9.17) is 0 Å². The van der Waals surface area contributed by atoms with Crippen molar-refractivity contribution in [2.75, 3.05) is 14.1 Å². The van der Waals surface area contributed by atoms with Crippen LogP contribution >= 0.6 is 0 Å². The van der Waals surface area contributed by atoms with E-state index in [1.807, 2.05) is 13.0 Å². The third-order valence-corrected chi connectivity index (χ3v) is 1.30. The number of urea groups is 1. The Morgan fingerprint density at radius 3 is 2.42 bits per heavy atom. The highest BCUT2D eigenvalue weighted by atomic mass is 16.2. The molecule has 12 heavy (non-hydrogen) atoms. The van der Waals surface area contributed by atoms with E-state index in [9.17, 15) is 4.79 Å². The number of carbonyl (C=O) groups excluding carboxylic acids is 1. The second-order valence-corrected chi connectivity index (χ2v) is 2.56. The van der Waals surface area contributed by atoms with Crippen molar-refractivity contribution >= 4 is 6.03 Å². The van der Waals surface area contributed by atoms with Crippen molar-refractivity contribution in [3.05, 3.63) is 25.1 Å². The molecule has 2 amide bonds. The van der Waals surface area contributed by atoms with Crippen LogP contribution < -0.4 is 0 Å². The Bertz CT molecular complexity index is 185. The van der Waals surface area contributed by atoms with E-state index >= 15 is 0 Å². The van der Waals surface area contributed by atoms with Gasteiger partial charge in [-0.15, -0.1) is 0 Å². The third-order valence-electron chi connectivity index (χ3n) is 1.30. The van der Waals surface area contributed by atoms with Gasteiger partial charge in [0.05, 0.1) is 0 Å². The van der Waals surface area contributed by atoms with Gasteiger partial charge in [-0.1, -0.05) is 19.6 Å². The summed E-state index contributed by atoms with van der Waals surface area (Å²) in [4.78, 5) is 14.3. The second kappa shape index (κ2) is 5.41. The zero-order valence-corrected chi connectivity index (χ0v) is 7.95. The number of carbonyl (C=O) groups is 1. The summed E-state index contributed by atoms with van der Waals surface area (Å²) in [5.74, 6) is 0. The first-order valence-electron chi connectivity index (χ1n) is 3.92. The maximum atomic E-state index is 11.3. The molecule has 0 aromatic carbocycles. The normalized spacial score (nSPS) is 9.92. The van der Waals surface area contributed by atoms with E-state index in [0.29, 0.717) is 0 Å². The highest BCUT2D eigenvalue weighted by Gasteiger charge is 2.07. The average molecular weight is 168 g/mol. The molecule has 3 nitrogen and oxygen atoms in total. The van der Waals surface area contributed by atoms with Crippen LogP contribution in [0, 0.1) is 0 Å². The van der Waals surface area contributed by atoms with Gasteiger partial charge in [0, 0.05) is 26.5 Å². The summed E-state index contributed by atoms with van der Waals surface area (Å²) in [5, 5.41) is 0. The number of hydrogen-bond acceptors (Lipinski definition) is 1. The molecule has 0 radical (unpaired) electrons. The van der Waals surface area contributed by atoms with Crippen LogP contribution in [0.5, 0.6) is 0 Å². The number of rotatable bonds is 3. The monoisotopic (exact) mass is 168 g/mol. The van der Waals surface area contributed by atoms with Crippen molar-refractivity contribution in [3.63, 3.8) is 0 Å². The van der Waals surface area contributed by atoms with Gasteiger partial charge in [-0.25, -0.2) is 4.79 Å². The van der Waals surface area contributed by atoms with Crippen LogP contribution in [0.2, 0.25) is 0 Å². The molecule has 0 saturated carbocycles. The zero-order chi connectivity index (χ0) is 9.56. The first-order chi connectivity index (χ1) is 5.63. The van der Waals surface area contributed by atoms with E-state index in [2.05, 4.69) is 6.58 Å². The minimum absolute atomic E-state index is 0.0882. The van der Waals surface area contributed by atoms with Crippen LogP contribution in [0.1, 0.15) is 13.3 Å². The summed E-state index contributed by atoms with van der Waals surface area (Å²) < 4.78 is 0. The van der Waals surface area contributed by atoms with Crippen molar-refractivity contribution in [2.45, 2.75) is 13.3 Å². The Morgan fingerprint density at radius 2 is 2.08 bits per heavy atom. The van der Waals surface area contributed by atoms with Gasteiger partial charge in [0.15, 0.2) is 0 Å². The highest BCUT2D eigenvalue weighted by molar-refractivity contribution is 5.75. The summed E-state index contributed by atoms with van der Waals surface area (Å²) in [6.07, 6.45) is 6.03. The Morgan fingerprint density at radius 1 is 1.50 bits per heavy atom. The minimum Gasteiger partial charge on any atom is -0.330 e. The molecular weight excluding hydrogens is 152 g/mol. The molecule has 0 aromatic rings. The number of hydrogen-bond donors (Lipinski definition) is 0. The fourth-order valence-electron chi connectivity index (χ4n) is 0.653. The van der Waals surface area contributed by atoms with Crippen LogP contribution in [0.15, 0.2) is 25.1 Å². The lowest BCUT2D eigenvalue weighted by Crippen LogP contribution is -2.31. The van der Waals surface area contributed by atoms with Gasteiger partial charge in [-0.3, -0.25) is 4.90 Å². The van der Waals surface area contributed by atoms with Crippen molar-refractivity contribution in [1.29, 1.82) is 0 Å². The first kappa shape index (κ1) is 10.8. The van der Waals surface area contributed by atoms with Crippen LogP contribution in [0.25, 0.3) is 0 Å². The molecule has 0 aliphatic rings. The maximum absolute atomic E-state index is 11.3. The van der Waals surface area contributed by atoms with Gasteiger partial charge >= 0.3 is 6.03 Å². The standard InChI is InChI=1S/C9H16N2O/c1-5-7-8-11(6-2)9(12)10(3)4/h6-8H,2,5H2,1,3-4H3/b8-7+. The largest absolute Gasteiger partial charge is 0.330 e. The van der Waals surface area contributed by atoms with Gasteiger partial charge in [-0.05, 0) is 6.42 Å². The Hall–Kier alpha value is -1.25. The highest BCUT2D eigenvalue weighted by Crippen LogP contribution is 1.97. The molecule has 0 heterocycles. The van der Waals surface area contributed by atoms with E-state index in [0.717, 1.165) is 6.42 Å². The quantitative estimate of drug-likeness (QED) is 0.632. The van der Waals surface area contributed by atoms with Crippen molar-refractivity contribution in [1.82, 2.24) is 9.80 Å². The summed E-state index contributed by atoms with van der Waals surface area (Å²) in [6, 6.07) is -0.0882. The van der Waals surface area contributed by atoms with E-state index in [1.165, 1.54) is 16.0 Å². The van der Waals surface area contributed by atoms with Crippen LogP contribution in [-0.2, 0) is 0 Å². The lowest BCUT2D eigenvalue weighted by atomic mass is 10.4. The third kappa shape index (κ3) is 3.23. The average Bonchev–Trinajstić information content (AvgIpc) is 2.05. The molecule has 0 aromatic heterocycles. The fourth-order valence-corrected chi connectivity index (χ4v) is 0.653. The molecule has 0 spiro atoms. The van der Waals surface area contributed by atoms with E-state index < -0.39 is 0 Å². The second-order valence-electron chi connectivity index (χ2n) is 2.56. The summed E-state index contributed by atoms with van der Waals surface area (Å²) in [7, 11) is 3.41. The van der Waals surface area contributed by atoms with Gasteiger partial charge in [-0.2, -0.15) is 0 Å². The minimum atomic E-state index is -0.0882. The van der Waals surface area contributed by atoms with Crippen LogP contribution in [-0.4, -0.2) is 29.9 Å². The lowest BCUT2D eigenvalue weighted by molar-refractivity contribution is 0.200. The maximum Gasteiger partial charge on any atom is 0.327 e. The van der Waals surface area contributed by atoms with Crippen LogP contribution in [0.4, 0.5) is 4.79 Å². The molecule has 68 valence electrons. The fraction of sp³-hybridized carbons (Fsp3) is 0.444.